The van der Waals surface area contributed by atoms with E-state index in [1.54, 1.807) is 0 Å². The van der Waals surface area contributed by atoms with Crippen LogP contribution in [0, 0.1) is 5.41 Å². The molecule has 0 aromatic heterocycles. The van der Waals surface area contributed by atoms with Gasteiger partial charge >= 0.3 is 0 Å². The number of para-hydroxylation sites is 2. The highest BCUT2D eigenvalue weighted by molar-refractivity contribution is 5.85. The first-order valence-corrected chi connectivity index (χ1v) is 9.05. The standard InChI is InChI=1S/C21H26N2O3.ClH/c1-16(23-20(24)21(15-22)11-13-25-14-12-21)18-9-5-6-10-19(18)26-17-7-3-2-4-8-17;/h2-10,16H,11-15,22H2,1H3,(H,23,24);1H. The first-order chi connectivity index (χ1) is 12.6. The zero-order chi connectivity index (χ0) is 18.4. The molecule has 3 N–H and O–H groups in total. The summed E-state index contributed by atoms with van der Waals surface area (Å²) in [4.78, 5) is 12.9. The number of benzene rings is 2. The number of halogens is 1. The molecular formula is C21H27ClN2O3. The summed E-state index contributed by atoms with van der Waals surface area (Å²) in [6, 6.07) is 17.2. The summed E-state index contributed by atoms with van der Waals surface area (Å²) >= 11 is 0. The maximum atomic E-state index is 12.9. The summed E-state index contributed by atoms with van der Waals surface area (Å²) in [5.41, 5.74) is 6.34. The van der Waals surface area contributed by atoms with Crippen LogP contribution in [0.25, 0.3) is 0 Å². The van der Waals surface area contributed by atoms with Crippen LogP contribution in [0.3, 0.4) is 0 Å². The highest BCUT2D eigenvalue weighted by atomic mass is 35.5. The van der Waals surface area contributed by atoms with Crippen molar-refractivity contribution in [2.45, 2.75) is 25.8 Å². The number of carbonyl (C=O) groups excluding carboxylic acids is 1. The number of rotatable bonds is 6. The minimum atomic E-state index is -0.540. The lowest BCUT2D eigenvalue weighted by Crippen LogP contribution is -2.49. The van der Waals surface area contributed by atoms with Crippen molar-refractivity contribution in [1.82, 2.24) is 5.32 Å². The fraction of sp³-hybridized carbons (Fsp3) is 0.381. The van der Waals surface area contributed by atoms with Crippen molar-refractivity contribution >= 4 is 18.3 Å². The van der Waals surface area contributed by atoms with Gasteiger partial charge in [0, 0.05) is 25.3 Å². The van der Waals surface area contributed by atoms with Crippen LogP contribution < -0.4 is 15.8 Å². The Bertz CT molecular complexity index is 733. The molecule has 1 fully saturated rings. The van der Waals surface area contributed by atoms with Crippen LogP contribution in [0.2, 0.25) is 0 Å². The van der Waals surface area contributed by atoms with Crippen molar-refractivity contribution in [3.8, 4) is 11.5 Å². The molecule has 1 atom stereocenters. The van der Waals surface area contributed by atoms with Crippen molar-refractivity contribution in [3.05, 3.63) is 60.2 Å². The molecule has 2 aromatic rings. The van der Waals surface area contributed by atoms with E-state index in [1.807, 2.05) is 61.5 Å². The first-order valence-electron chi connectivity index (χ1n) is 9.05. The zero-order valence-electron chi connectivity index (χ0n) is 15.5. The number of amides is 1. The van der Waals surface area contributed by atoms with Crippen molar-refractivity contribution in [3.63, 3.8) is 0 Å². The number of nitrogens with two attached hydrogens (primary N) is 1. The van der Waals surface area contributed by atoms with E-state index in [1.165, 1.54) is 0 Å². The van der Waals surface area contributed by atoms with E-state index in [2.05, 4.69) is 5.32 Å². The summed E-state index contributed by atoms with van der Waals surface area (Å²) in [7, 11) is 0. The maximum Gasteiger partial charge on any atom is 0.228 e. The van der Waals surface area contributed by atoms with E-state index in [0.717, 1.165) is 17.1 Å². The molecule has 0 aliphatic carbocycles. The number of nitrogens with one attached hydrogen (secondary N) is 1. The van der Waals surface area contributed by atoms with Crippen LogP contribution >= 0.6 is 12.4 Å². The van der Waals surface area contributed by atoms with Gasteiger partial charge in [-0.15, -0.1) is 12.4 Å². The Balaban J connectivity index is 0.00000261. The van der Waals surface area contributed by atoms with Gasteiger partial charge in [-0.05, 0) is 38.0 Å². The highest BCUT2D eigenvalue weighted by Gasteiger charge is 2.39. The third-order valence-electron chi connectivity index (χ3n) is 5.03. The molecule has 0 saturated carbocycles. The average molecular weight is 391 g/mol. The number of carbonyl (C=O) groups is 1. The smallest absolute Gasteiger partial charge is 0.228 e. The molecule has 3 rings (SSSR count). The second-order valence-corrected chi connectivity index (χ2v) is 6.74. The fourth-order valence-electron chi connectivity index (χ4n) is 3.26. The summed E-state index contributed by atoms with van der Waals surface area (Å²) in [6.45, 7) is 3.45. The minimum absolute atomic E-state index is 0. The van der Waals surface area contributed by atoms with Crippen LogP contribution in [0.5, 0.6) is 11.5 Å². The number of hydrogen-bond donors (Lipinski definition) is 2. The number of ether oxygens (including phenoxy) is 2. The van der Waals surface area contributed by atoms with Gasteiger partial charge in [-0.1, -0.05) is 36.4 Å². The molecule has 1 amide bonds. The Hall–Kier alpha value is -2.08. The van der Waals surface area contributed by atoms with Crippen molar-refractivity contribution in [2.24, 2.45) is 11.1 Å². The minimum Gasteiger partial charge on any atom is -0.457 e. The Morgan fingerprint density at radius 1 is 1.15 bits per heavy atom. The normalized spacial score (nSPS) is 16.7. The Morgan fingerprint density at radius 3 is 2.44 bits per heavy atom. The molecular weight excluding hydrogens is 364 g/mol. The fourth-order valence-corrected chi connectivity index (χ4v) is 3.26. The van der Waals surface area contributed by atoms with Crippen LogP contribution in [-0.2, 0) is 9.53 Å². The second-order valence-electron chi connectivity index (χ2n) is 6.74. The Kier molecular flexibility index (Phi) is 7.66. The lowest BCUT2D eigenvalue weighted by Gasteiger charge is -2.35. The van der Waals surface area contributed by atoms with Crippen molar-refractivity contribution in [1.29, 1.82) is 0 Å². The van der Waals surface area contributed by atoms with E-state index in [-0.39, 0.29) is 24.4 Å². The Morgan fingerprint density at radius 2 is 1.78 bits per heavy atom. The number of hydrogen-bond acceptors (Lipinski definition) is 4. The second kappa shape index (κ2) is 9.74. The van der Waals surface area contributed by atoms with Gasteiger partial charge in [0.1, 0.15) is 11.5 Å². The third-order valence-corrected chi connectivity index (χ3v) is 5.03. The molecule has 6 heteroatoms. The zero-order valence-corrected chi connectivity index (χ0v) is 16.3. The monoisotopic (exact) mass is 390 g/mol. The molecule has 0 radical (unpaired) electrons. The van der Waals surface area contributed by atoms with Crippen LogP contribution in [-0.4, -0.2) is 25.7 Å². The van der Waals surface area contributed by atoms with E-state index in [4.69, 9.17) is 15.2 Å². The Labute approximate surface area is 166 Å². The molecule has 27 heavy (non-hydrogen) atoms. The summed E-state index contributed by atoms with van der Waals surface area (Å²) in [5.74, 6) is 1.49. The van der Waals surface area contributed by atoms with Gasteiger partial charge < -0.3 is 20.5 Å². The lowest BCUT2D eigenvalue weighted by atomic mass is 9.79. The van der Waals surface area contributed by atoms with Gasteiger partial charge in [-0.3, -0.25) is 4.79 Å². The maximum absolute atomic E-state index is 12.9. The molecule has 1 saturated heterocycles. The molecule has 5 nitrogen and oxygen atoms in total. The van der Waals surface area contributed by atoms with Crippen LogP contribution in [0.4, 0.5) is 0 Å². The van der Waals surface area contributed by atoms with Crippen LogP contribution in [0.1, 0.15) is 31.4 Å². The average Bonchev–Trinajstić information content (AvgIpc) is 2.69. The van der Waals surface area contributed by atoms with E-state index < -0.39 is 5.41 Å². The molecule has 1 aliphatic rings. The van der Waals surface area contributed by atoms with Gasteiger partial charge in [-0.2, -0.15) is 0 Å². The predicted molar refractivity (Wildman–Crippen MR) is 108 cm³/mol. The first kappa shape index (κ1) is 21.2. The van der Waals surface area contributed by atoms with Gasteiger partial charge in [0.05, 0.1) is 11.5 Å². The largest absolute Gasteiger partial charge is 0.457 e. The molecule has 0 bridgehead atoms. The lowest BCUT2D eigenvalue weighted by molar-refractivity contribution is -0.136. The molecule has 2 aromatic carbocycles. The summed E-state index contributed by atoms with van der Waals surface area (Å²) < 4.78 is 11.4. The summed E-state index contributed by atoms with van der Waals surface area (Å²) in [6.07, 6.45) is 1.31. The molecule has 1 aliphatic heterocycles. The molecule has 146 valence electrons. The predicted octanol–water partition coefficient (Wildman–Crippen LogP) is 3.83. The van der Waals surface area contributed by atoms with Gasteiger partial charge in [-0.25, -0.2) is 0 Å². The van der Waals surface area contributed by atoms with Crippen LogP contribution in [0.15, 0.2) is 54.6 Å². The SMILES string of the molecule is CC(NC(=O)C1(CN)CCOCC1)c1ccccc1Oc1ccccc1.Cl. The van der Waals surface area contributed by atoms with Gasteiger partial charge in [0.25, 0.3) is 0 Å². The molecule has 1 unspecified atom stereocenters. The van der Waals surface area contributed by atoms with Gasteiger partial charge in [0.2, 0.25) is 5.91 Å². The van der Waals surface area contributed by atoms with Crippen molar-refractivity contribution < 1.29 is 14.3 Å². The quantitative estimate of drug-likeness (QED) is 0.786. The van der Waals surface area contributed by atoms with Gasteiger partial charge in [0.15, 0.2) is 0 Å². The van der Waals surface area contributed by atoms with E-state index >= 15 is 0 Å². The van der Waals surface area contributed by atoms with E-state index in [9.17, 15) is 4.79 Å². The molecule has 0 spiro atoms. The third kappa shape index (κ3) is 5.01. The highest BCUT2D eigenvalue weighted by Crippen LogP contribution is 2.33. The van der Waals surface area contributed by atoms with E-state index in [0.29, 0.717) is 32.6 Å². The topological polar surface area (TPSA) is 73.6 Å². The molecule has 1 heterocycles. The summed E-state index contributed by atoms with van der Waals surface area (Å²) in [5, 5.41) is 3.13. The van der Waals surface area contributed by atoms with Crippen molar-refractivity contribution in [2.75, 3.05) is 19.8 Å².